The number of imidazole rings is 1. The Morgan fingerprint density at radius 2 is 1.94 bits per heavy atom. The predicted octanol–water partition coefficient (Wildman–Crippen LogP) is 3.89. The Labute approximate surface area is 274 Å². The molecule has 246 valence electrons. The largest absolute Gasteiger partial charge is 0.473 e. The topological polar surface area (TPSA) is 127 Å². The van der Waals surface area contributed by atoms with Crippen molar-refractivity contribution < 1.29 is 18.7 Å². The maximum Gasteiger partial charge on any atom is 0.215 e. The number of hydroxylamine groups is 1. The van der Waals surface area contributed by atoms with Gasteiger partial charge in [-0.15, -0.1) is 0 Å². The number of benzene rings is 2. The van der Waals surface area contributed by atoms with E-state index in [0.29, 0.717) is 24.6 Å². The van der Waals surface area contributed by atoms with Crippen LogP contribution in [0.25, 0.3) is 11.0 Å². The standard InChI is InChI=1S/C35H41FN8O3/c1-34(2,38)19-39-47-17-25-7-9-29-30(13-25)44(15-27-10-11-45-27)32(40-29)16-42-20-35(21-42)22-43(23-35)31-4-3-5-33(41-31)46-18-26-8-6-24(14-37)12-28(26)36/h3-9,12-13,27,39H,10-11,15-23,38H2,1-2H3. The monoisotopic (exact) mass is 640 g/mol. The zero-order valence-electron chi connectivity index (χ0n) is 26.9. The molecule has 3 aliphatic rings. The van der Waals surface area contributed by atoms with E-state index in [2.05, 4.69) is 43.0 Å². The minimum Gasteiger partial charge on any atom is -0.473 e. The summed E-state index contributed by atoms with van der Waals surface area (Å²) in [6.07, 6.45) is 1.29. The van der Waals surface area contributed by atoms with Crippen molar-refractivity contribution in [3.05, 3.63) is 82.9 Å². The summed E-state index contributed by atoms with van der Waals surface area (Å²) in [7, 11) is 0. The van der Waals surface area contributed by atoms with Crippen molar-refractivity contribution in [3.8, 4) is 11.9 Å². The number of pyridine rings is 1. The number of halogens is 1. The van der Waals surface area contributed by atoms with Gasteiger partial charge in [0, 0.05) is 61.9 Å². The number of aromatic nitrogens is 3. The second-order valence-corrected chi connectivity index (χ2v) is 13.9. The maximum absolute atomic E-state index is 14.3. The minimum absolute atomic E-state index is 0.0458. The molecule has 1 atom stereocenters. The molecule has 2 aromatic carbocycles. The number of fused-ring (bicyclic) bond motifs is 1. The highest BCUT2D eigenvalue weighted by Gasteiger charge is 2.52. The average Bonchev–Trinajstić information content (AvgIpc) is 3.32. The lowest BCUT2D eigenvalue weighted by Gasteiger charge is -2.60. The van der Waals surface area contributed by atoms with Crippen LogP contribution in [0.4, 0.5) is 10.2 Å². The SMILES string of the molecule is CC(C)(N)CNOCc1ccc2nc(CN3CC4(C3)CN(c3cccc(OCc5ccc(C#N)cc5F)n3)C4)n(CC3CCO3)c2c1. The number of hydrogen-bond acceptors (Lipinski definition) is 10. The lowest BCUT2D eigenvalue weighted by atomic mass is 9.73. The second-order valence-electron chi connectivity index (χ2n) is 13.9. The summed E-state index contributed by atoms with van der Waals surface area (Å²) < 4.78 is 28.2. The minimum atomic E-state index is -0.457. The number of nitrogens with two attached hydrogens (primary N) is 1. The molecular weight excluding hydrogens is 599 g/mol. The molecule has 7 rings (SSSR count). The molecule has 2 aromatic heterocycles. The molecule has 3 N–H and O–H groups in total. The molecule has 5 heterocycles. The summed E-state index contributed by atoms with van der Waals surface area (Å²) in [6, 6.07) is 18.3. The van der Waals surface area contributed by atoms with Crippen LogP contribution < -0.4 is 20.9 Å². The molecule has 3 saturated heterocycles. The van der Waals surface area contributed by atoms with Gasteiger partial charge < -0.3 is 24.7 Å². The van der Waals surface area contributed by atoms with Gasteiger partial charge in [-0.05, 0) is 56.2 Å². The van der Waals surface area contributed by atoms with E-state index < -0.39 is 5.82 Å². The summed E-state index contributed by atoms with van der Waals surface area (Å²) in [5, 5.41) is 8.96. The van der Waals surface area contributed by atoms with E-state index in [4.69, 9.17) is 30.3 Å². The van der Waals surface area contributed by atoms with Crippen LogP contribution in [0.3, 0.4) is 0 Å². The smallest absolute Gasteiger partial charge is 0.215 e. The fraction of sp³-hybridized carbons (Fsp3) is 0.457. The Morgan fingerprint density at radius 3 is 2.66 bits per heavy atom. The summed E-state index contributed by atoms with van der Waals surface area (Å²) in [5.41, 5.74) is 12.8. The predicted molar refractivity (Wildman–Crippen MR) is 175 cm³/mol. The third-order valence-electron chi connectivity index (χ3n) is 9.07. The van der Waals surface area contributed by atoms with E-state index in [1.807, 2.05) is 32.0 Å². The van der Waals surface area contributed by atoms with Gasteiger partial charge in [-0.1, -0.05) is 18.2 Å². The van der Waals surface area contributed by atoms with Crippen molar-refractivity contribution in [1.82, 2.24) is 24.9 Å². The zero-order valence-corrected chi connectivity index (χ0v) is 26.9. The van der Waals surface area contributed by atoms with E-state index >= 15 is 0 Å². The third kappa shape index (κ3) is 7.10. The number of nitriles is 1. The molecule has 0 bridgehead atoms. The van der Waals surface area contributed by atoms with Gasteiger partial charge in [0.15, 0.2) is 0 Å². The fourth-order valence-corrected chi connectivity index (χ4v) is 6.52. The number of ether oxygens (including phenoxy) is 2. The highest BCUT2D eigenvalue weighted by molar-refractivity contribution is 5.77. The molecule has 3 fully saturated rings. The highest BCUT2D eigenvalue weighted by Crippen LogP contribution is 2.42. The van der Waals surface area contributed by atoms with Crippen molar-refractivity contribution >= 4 is 16.9 Å². The number of nitrogens with zero attached hydrogens (tertiary/aromatic N) is 6. The molecule has 0 saturated carbocycles. The van der Waals surface area contributed by atoms with E-state index in [1.165, 1.54) is 6.07 Å². The quantitative estimate of drug-likeness (QED) is 0.164. The van der Waals surface area contributed by atoms with Crippen LogP contribution in [-0.4, -0.2) is 70.4 Å². The van der Waals surface area contributed by atoms with Crippen molar-refractivity contribution in [3.63, 3.8) is 0 Å². The zero-order chi connectivity index (χ0) is 32.6. The van der Waals surface area contributed by atoms with Crippen LogP contribution >= 0.6 is 0 Å². The first-order valence-electron chi connectivity index (χ1n) is 16.1. The number of rotatable bonds is 13. The molecule has 1 unspecified atom stereocenters. The Kier molecular flexibility index (Phi) is 8.59. The highest BCUT2D eigenvalue weighted by atomic mass is 19.1. The van der Waals surface area contributed by atoms with Gasteiger partial charge in [0.2, 0.25) is 5.88 Å². The Morgan fingerprint density at radius 1 is 1.11 bits per heavy atom. The molecule has 0 aliphatic carbocycles. The first-order valence-corrected chi connectivity index (χ1v) is 16.1. The normalized spacial score (nSPS) is 18.9. The molecule has 12 heteroatoms. The molecular formula is C35H41FN8O3. The maximum atomic E-state index is 14.3. The molecule has 3 aliphatic heterocycles. The van der Waals surface area contributed by atoms with Crippen LogP contribution in [0.5, 0.6) is 5.88 Å². The summed E-state index contributed by atoms with van der Waals surface area (Å²) in [6.45, 7) is 11.2. The van der Waals surface area contributed by atoms with E-state index in [0.717, 1.165) is 80.5 Å². The van der Waals surface area contributed by atoms with Gasteiger partial charge in [0.25, 0.3) is 0 Å². The Balaban J connectivity index is 0.947. The molecule has 4 aromatic rings. The molecule has 0 radical (unpaired) electrons. The summed E-state index contributed by atoms with van der Waals surface area (Å²) >= 11 is 0. The van der Waals surface area contributed by atoms with Gasteiger partial charge >= 0.3 is 0 Å². The number of nitrogens with one attached hydrogen (secondary N) is 1. The third-order valence-corrected chi connectivity index (χ3v) is 9.07. The molecule has 11 nitrogen and oxygen atoms in total. The summed E-state index contributed by atoms with van der Waals surface area (Å²) in [4.78, 5) is 20.2. The molecule has 1 spiro atoms. The number of hydrogen-bond donors (Lipinski definition) is 2. The lowest BCUT2D eigenvalue weighted by Crippen LogP contribution is -2.72. The summed E-state index contributed by atoms with van der Waals surface area (Å²) in [5.74, 6) is 1.91. The van der Waals surface area contributed by atoms with Crippen molar-refractivity contribution in [2.24, 2.45) is 11.1 Å². The first kappa shape index (κ1) is 31.5. The van der Waals surface area contributed by atoms with Crippen LogP contribution in [-0.2, 0) is 35.9 Å². The molecule has 0 amide bonds. The van der Waals surface area contributed by atoms with E-state index in [-0.39, 0.29) is 29.2 Å². The number of anilines is 1. The van der Waals surface area contributed by atoms with Gasteiger partial charge in [-0.3, -0.25) is 9.74 Å². The number of likely N-dealkylation sites (tertiary alicyclic amines) is 1. The van der Waals surface area contributed by atoms with Crippen LogP contribution in [0.2, 0.25) is 0 Å². The first-order chi connectivity index (χ1) is 22.6. The van der Waals surface area contributed by atoms with Gasteiger partial charge in [-0.25, -0.2) is 14.9 Å². The van der Waals surface area contributed by atoms with Crippen molar-refractivity contribution in [2.45, 2.75) is 58.2 Å². The fourth-order valence-electron chi connectivity index (χ4n) is 6.52. The van der Waals surface area contributed by atoms with Crippen molar-refractivity contribution in [2.75, 3.05) is 44.2 Å². The van der Waals surface area contributed by atoms with Gasteiger partial charge in [0.05, 0.1) is 48.5 Å². The van der Waals surface area contributed by atoms with Crippen LogP contribution in [0, 0.1) is 22.6 Å². The molecule has 47 heavy (non-hydrogen) atoms. The van der Waals surface area contributed by atoms with Gasteiger partial charge in [-0.2, -0.15) is 10.2 Å². The van der Waals surface area contributed by atoms with E-state index in [1.54, 1.807) is 18.2 Å². The second kappa shape index (κ2) is 12.8. The van der Waals surface area contributed by atoms with Gasteiger partial charge in [0.1, 0.15) is 24.1 Å². The van der Waals surface area contributed by atoms with Crippen LogP contribution in [0.1, 0.15) is 42.8 Å². The van der Waals surface area contributed by atoms with E-state index in [9.17, 15) is 4.39 Å². The Bertz CT molecular complexity index is 1780. The average molecular weight is 641 g/mol. The lowest BCUT2D eigenvalue weighted by molar-refractivity contribution is -0.0604. The van der Waals surface area contributed by atoms with Crippen LogP contribution in [0.15, 0.2) is 54.6 Å². The Hall–Kier alpha value is -4.12. The van der Waals surface area contributed by atoms with Crippen molar-refractivity contribution in [1.29, 1.82) is 5.26 Å².